The largest absolute Gasteiger partial charge is 0.508 e. The summed E-state index contributed by atoms with van der Waals surface area (Å²) >= 11 is 1.01. The van der Waals surface area contributed by atoms with Gasteiger partial charge in [-0.05, 0) is 36.6 Å². The Morgan fingerprint density at radius 1 is 1.33 bits per heavy atom. The lowest BCUT2D eigenvalue weighted by Gasteiger charge is -2.11. The SMILES string of the molecule is COc1ccsc1S(=O)(=O)Nc1ccc(O)cc1C(C)=O. The number of benzene rings is 1. The number of phenols is 1. The maximum Gasteiger partial charge on any atom is 0.275 e. The van der Waals surface area contributed by atoms with Crippen LogP contribution in [0.1, 0.15) is 17.3 Å². The lowest BCUT2D eigenvalue weighted by atomic mass is 10.1. The summed E-state index contributed by atoms with van der Waals surface area (Å²) in [6.45, 7) is 1.29. The Morgan fingerprint density at radius 3 is 2.67 bits per heavy atom. The van der Waals surface area contributed by atoms with Crippen molar-refractivity contribution in [1.82, 2.24) is 0 Å². The number of aromatic hydroxyl groups is 1. The molecule has 0 saturated heterocycles. The molecule has 1 aromatic carbocycles. The molecule has 0 radical (unpaired) electrons. The number of nitrogens with one attached hydrogen (secondary N) is 1. The molecule has 112 valence electrons. The number of ether oxygens (including phenoxy) is 1. The Morgan fingerprint density at radius 2 is 2.05 bits per heavy atom. The zero-order valence-electron chi connectivity index (χ0n) is 11.3. The van der Waals surface area contributed by atoms with E-state index in [1.807, 2.05) is 0 Å². The first-order chi connectivity index (χ1) is 9.85. The van der Waals surface area contributed by atoms with Gasteiger partial charge >= 0.3 is 0 Å². The average Bonchev–Trinajstić information content (AvgIpc) is 2.89. The third kappa shape index (κ3) is 3.17. The number of hydrogen-bond acceptors (Lipinski definition) is 6. The molecular weight excluding hydrogens is 314 g/mol. The summed E-state index contributed by atoms with van der Waals surface area (Å²) in [6, 6.07) is 5.40. The summed E-state index contributed by atoms with van der Waals surface area (Å²) in [5.74, 6) is -0.241. The van der Waals surface area contributed by atoms with Crippen molar-refractivity contribution in [2.75, 3.05) is 11.8 Å². The van der Waals surface area contributed by atoms with Gasteiger partial charge in [-0.1, -0.05) is 0 Å². The van der Waals surface area contributed by atoms with Crippen LogP contribution in [0.3, 0.4) is 0 Å². The predicted octanol–water partition coefficient (Wildman–Crippen LogP) is 2.47. The molecule has 0 fully saturated rings. The average molecular weight is 327 g/mol. The fourth-order valence-electron chi connectivity index (χ4n) is 1.73. The van der Waals surface area contributed by atoms with E-state index in [1.54, 1.807) is 11.4 Å². The van der Waals surface area contributed by atoms with Gasteiger partial charge in [0.1, 0.15) is 11.5 Å². The van der Waals surface area contributed by atoms with Crippen LogP contribution in [0.2, 0.25) is 0 Å². The van der Waals surface area contributed by atoms with Crippen molar-refractivity contribution in [2.24, 2.45) is 0 Å². The molecule has 2 rings (SSSR count). The fraction of sp³-hybridized carbons (Fsp3) is 0.154. The molecule has 1 aromatic heterocycles. The quantitative estimate of drug-likeness (QED) is 0.650. The molecular formula is C13H13NO5S2. The molecule has 21 heavy (non-hydrogen) atoms. The molecule has 0 amide bonds. The van der Waals surface area contributed by atoms with E-state index < -0.39 is 10.0 Å². The summed E-state index contributed by atoms with van der Waals surface area (Å²) < 4.78 is 32.0. The highest BCUT2D eigenvalue weighted by Crippen LogP contribution is 2.32. The van der Waals surface area contributed by atoms with E-state index in [2.05, 4.69) is 4.72 Å². The number of thiophene rings is 1. The van der Waals surface area contributed by atoms with Gasteiger partial charge in [-0.2, -0.15) is 0 Å². The number of ketones is 1. The van der Waals surface area contributed by atoms with Crippen molar-refractivity contribution in [2.45, 2.75) is 11.1 Å². The van der Waals surface area contributed by atoms with Crippen molar-refractivity contribution < 1.29 is 23.1 Å². The molecule has 0 aliphatic heterocycles. The zero-order chi connectivity index (χ0) is 15.6. The molecule has 0 atom stereocenters. The minimum absolute atomic E-state index is 0.0209. The van der Waals surface area contributed by atoms with Crippen molar-refractivity contribution in [3.8, 4) is 11.5 Å². The molecule has 6 nitrogen and oxygen atoms in total. The van der Waals surface area contributed by atoms with Crippen LogP contribution in [0.4, 0.5) is 5.69 Å². The molecule has 0 aliphatic rings. The molecule has 0 bridgehead atoms. The van der Waals surface area contributed by atoms with E-state index in [0.717, 1.165) is 11.3 Å². The highest BCUT2D eigenvalue weighted by Gasteiger charge is 2.23. The zero-order valence-corrected chi connectivity index (χ0v) is 12.9. The molecule has 2 aromatic rings. The number of sulfonamides is 1. The third-order valence-corrected chi connectivity index (χ3v) is 5.50. The fourth-order valence-corrected chi connectivity index (χ4v) is 4.09. The van der Waals surface area contributed by atoms with E-state index in [0.29, 0.717) is 0 Å². The maximum absolute atomic E-state index is 12.3. The maximum atomic E-state index is 12.3. The van der Waals surface area contributed by atoms with Gasteiger partial charge in [0.2, 0.25) is 0 Å². The van der Waals surface area contributed by atoms with Crippen molar-refractivity contribution in [3.05, 3.63) is 35.2 Å². The minimum atomic E-state index is -3.87. The van der Waals surface area contributed by atoms with Crippen molar-refractivity contribution in [1.29, 1.82) is 0 Å². The van der Waals surface area contributed by atoms with Crippen LogP contribution in [0.5, 0.6) is 11.5 Å². The number of Topliss-reactive ketones (excluding diaryl/α,β-unsaturated/α-hetero) is 1. The first-order valence-corrected chi connectivity index (χ1v) is 8.19. The van der Waals surface area contributed by atoms with E-state index in [1.165, 1.54) is 32.2 Å². The van der Waals surface area contributed by atoms with E-state index in [-0.39, 0.29) is 32.7 Å². The highest BCUT2D eigenvalue weighted by atomic mass is 32.2. The highest BCUT2D eigenvalue weighted by molar-refractivity contribution is 7.94. The summed E-state index contributed by atoms with van der Waals surface area (Å²) in [5, 5.41) is 11.0. The minimum Gasteiger partial charge on any atom is -0.508 e. The molecule has 0 unspecified atom stereocenters. The van der Waals surface area contributed by atoms with E-state index >= 15 is 0 Å². The molecule has 0 spiro atoms. The van der Waals surface area contributed by atoms with Crippen LogP contribution in [0, 0.1) is 0 Å². The molecule has 0 aliphatic carbocycles. The number of methoxy groups -OCH3 is 1. The van der Waals surface area contributed by atoms with Crippen LogP contribution in [-0.4, -0.2) is 26.4 Å². The summed E-state index contributed by atoms with van der Waals surface area (Å²) in [6.07, 6.45) is 0. The Balaban J connectivity index is 2.44. The first-order valence-electron chi connectivity index (χ1n) is 5.83. The predicted molar refractivity (Wildman–Crippen MR) is 79.8 cm³/mol. The van der Waals surface area contributed by atoms with E-state index in [4.69, 9.17) is 4.74 Å². The van der Waals surface area contributed by atoms with Gasteiger partial charge in [0.05, 0.1) is 12.8 Å². The van der Waals surface area contributed by atoms with Gasteiger partial charge in [-0.15, -0.1) is 11.3 Å². The van der Waals surface area contributed by atoms with Crippen LogP contribution >= 0.6 is 11.3 Å². The van der Waals surface area contributed by atoms with Crippen molar-refractivity contribution >= 4 is 32.8 Å². The van der Waals surface area contributed by atoms with Gasteiger partial charge in [-0.3, -0.25) is 9.52 Å². The number of phenolic OH excluding ortho intramolecular Hbond substituents is 1. The molecule has 8 heteroatoms. The smallest absolute Gasteiger partial charge is 0.275 e. The normalized spacial score (nSPS) is 11.1. The van der Waals surface area contributed by atoms with Crippen LogP contribution in [-0.2, 0) is 10.0 Å². The number of carbonyl (C=O) groups excluding carboxylic acids is 1. The second-order valence-electron chi connectivity index (χ2n) is 4.17. The topological polar surface area (TPSA) is 92.7 Å². The van der Waals surface area contributed by atoms with Gasteiger partial charge in [0, 0.05) is 5.56 Å². The van der Waals surface area contributed by atoms with Crippen LogP contribution in [0.15, 0.2) is 33.9 Å². The Labute approximate surface area is 126 Å². The van der Waals surface area contributed by atoms with Gasteiger partial charge < -0.3 is 9.84 Å². The monoisotopic (exact) mass is 327 g/mol. The summed E-state index contributed by atoms with van der Waals surface area (Å²) in [7, 11) is -2.49. The number of carbonyl (C=O) groups is 1. The summed E-state index contributed by atoms with van der Waals surface area (Å²) in [4.78, 5) is 11.5. The van der Waals surface area contributed by atoms with Crippen LogP contribution < -0.4 is 9.46 Å². The lowest BCUT2D eigenvalue weighted by molar-refractivity contribution is 0.101. The Kier molecular flexibility index (Phi) is 4.19. The second-order valence-corrected chi connectivity index (χ2v) is 6.96. The second kappa shape index (κ2) is 5.74. The third-order valence-electron chi connectivity index (χ3n) is 2.69. The first kappa shape index (κ1) is 15.3. The number of hydrogen-bond donors (Lipinski definition) is 2. The molecule has 0 saturated carbocycles. The van der Waals surface area contributed by atoms with Crippen LogP contribution in [0.25, 0.3) is 0 Å². The summed E-state index contributed by atoms with van der Waals surface area (Å²) in [5.41, 5.74) is 0.199. The molecule has 1 heterocycles. The number of rotatable bonds is 5. The lowest BCUT2D eigenvalue weighted by Crippen LogP contribution is -2.14. The number of anilines is 1. The van der Waals surface area contributed by atoms with Crippen molar-refractivity contribution in [3.63, 3.8) is 0 Å². The van der Waals surface area contributed by atoms with Gasteiger partial charge in [0.15, 0.2) is 9.99 Å². The Hall–Kier alpha value is -2.06. The van der Waals surface area contributed by atoms with Gasteiger partial charge in [-0.25, -0.2) is 8.42 Å². The van der Waals surface area contributed by atoms with E-state index in [9.17, 15) is 18.3 Å². The standard InChI is InChI=1S/C13H13NO5S2/c1-8(15)10-7-9(16)3-4-11(10)14-21(17,18)13-12(19-2)5-6-20-13/h3-7,14,16H,1-2H3. The molecule has 2 N–H and O–H groups in total. The Bertz CT molecular complexity index is 780. The van der Waals surface area contributed by atoms with Gasteiger partial charge in [0.25, 0.3) is 10.0 Å².